The second-order valence-electron chi connectivity index (χ2n) is 2.65. The molecule has 0 aliphatic rings. The summed E-state index contributed by atoms with van der Waals surface area (Å²) in [4.78, 5) is 4.21. The van der Waals surface area contributed by atoms with Gasteiger partial charge in [-0.15, -0.1) is 11.8 Å². The van der Waals surface area contributed by atoms with Crippen LogP contribution in [0.15, 0.2) is 23.4 Å². The van der Waals surface area contributed by atoms with Gasteiger partial charge in [-0.3, -0.25) is 0 Å². The summed E-state index contributed by atoms with van der Waals surface area (Å²) in [7, 11) is 0. The quantitative estimate of drug-likeness (QED) is 0.693. The summed E-state index contributed by atoms with van der Waals surface area (Å²) in [6.07, 6.45) is 2.89. The summed E-state index contributed by atoms with van der Waals surface area (Å²) in [6.45, 7) is 4.36. The Morgan fingerprint density at radius 2 is 2.42 bits per heavy atom. The molecular weight excluding hydrogens is 190 g/mol. The molecule has 1 rings (SSSR count). The molecule has 3 heteroatoms. The molecule has 0 aromatic carbocycles. The highest BCUT2D eigenvalue weighted by Crippen LogP contribution is 2.24. The van der Waals surface area contributed by atoms with Crippen molar-refractivity contribution in [3.63, 3.8) is 0 Å². The Morgan fingerprint density at radius 3 is 3.00 bits per heavy atom. The predicted octanol–water partition coefficient (Wildman–Crippen LogP) is 3.63. The average Bonchev–Trinajstić information content (AvgIpc) is 2.04. The number of aromatic nitrogens is 1. The zero-order valence-corrected chi connectivity index (χ0v) is 8.82. The predicted molar refractivity (Wildman–Crippen MR) is 54.9 cm³/mol. The Balaban J connectivity index is 2.63. The first kappa shape index (κ1) is 9.87. The van der Waals surface area contributed by atoms with Gasteiger partial charge in [-0.1, -0.05) is 25.4 Å². The van der Waals surface area contributed by atoms with Crippen LogP contribution in [-0.2, 0) is 0 Å². The molecule has 1 heterocycles. The Bertz CT molecular complexity index is 252. The molecule has 0 unspecified atom stereocenters. The van der Waals surface area contributed by atoms with Crippen LogP contribution in [0.5, 0.6) is 0 Å². The molecule has 0 radical (unpaired) electrons. The topological polar surface area (TPSA) is 12.9 Å². The Hall–Kier alpha value is -0.210. The van der Waals surface area contributed by atoms with E-state index in [1.807, 2.05) is 6.07 Å². The monoisotopic (exact) mass is 201 g/mol. The van der Waals surface area contributed by atoms with Gasteiger partial charge in [0.25, 0.3) is 0 Å². The van der Waals surface area contributed by atoms with Crippen molar-refractivity contribution >= 4 is 23.4 Å². The average molecular weight is 202 g/mol. The van der Waals surface area contributed by atoms with Crippen LogP contribution in [0.2, 0.25) is 5.02 Å². The van der Waals surface area contributed by atoms with E-state index < -0.39 is 0 Å². The first-order valence-corrected chi connectivity index (χ1v) is 5.26. The zero-order valence-electron chi connectivity index (χ0n) is 7.25. The molecule has 1 aromatic rings. The molecule has 12 heavy (non-hydrogen) atoms. The largest absolute Gasteiger partial charge is 0.250 e. The molecule has 1 aromatic heterocycles. The third-order valence-electron chi connectivity index (χ3n) is 1.59. The highest BCUT2D eigenvalue weighted by Gasteiger charge is 2.02. The Morgan fingerprint density at radius 1 is 1.67 bits per heavy atom. The third-order valence-corrected chi connectivity index (χ3v) is 3.03. The minimum Gasteiger partial charge on any atom is -0.250 e. The van der Waals surface area contributed by atoms with Gasteiger partial charge in [0.2, 0.25) is 0 Å². The van der Waals surface area contributed by atoms with Crippen molar-refractivity contribution in [2.45, 2.75) is 30.5 Å². The molecular formula is C9H12ClNS. The number of nitrogens with zero attached hydrogens (tertiary/aromatic N) is 1. The van der Waals surface area contributed by atoms with Crippen molar-refractivity contribution in [3.05, 3.63) is 23.4 Å². The third kappa shape index (κ3) is 3.03. The minimum atomic E-state index is 0.607. The van der Waals surface area contributed by atoms with E-state index in [1.54, 1.807) is 24.0 Å². The molecule has 0 saturated heterocycles. The van der Waals surface area contributed by atoms with Gasteiger partial charge in [0.15, 0.2) is 0 Å². The first-order chi connectivity index (χ1) is 5.72. The number of rotatable bonds is 3. The lowest BCUT2D eigenvalue weighted by atomic mass is 10.4. The van der Waals surface area contributed by atoms with Crippen molar-refractivity contribution < 1.29 is 0 Å². The van der Waals surface area contributed by atoms with E-state index in [0.29, 0.717) is 5.25 Å². The summed E-state index contributed by atoms with van der Waals surface area (Å²) in [5, 5.41) is 2.38. The van der Waals surface area contributed by atoms with Crippen LogP contribution in [0.3, 0.4) is 0 Å². The van der Waals surface area contributed by atoms with E-state index in [1.165, 1.54) is 0 Å². The highest BCUT2D eigenvalue weighted by atomic mass is 35.5. The zero-order chi connectivity index (χ0) is 8.97. The van der Waals surface area contributed by atoms with E-state index in [0.717, 1.165) is 16.5 Å². The van der Waals surface area contributed by atoms with Crippen LogP contribution in [0.25, 0.3) is 0 Å². The smallest absolute Gasteiger partial charge is 0.0977 e. The summed E-state index contributed by atoms with van der Waals surface area (Å²) < 4.78 is 0. The van der Waals surface area contributed by atoms with E-state index in [-0.39, 0.29) is 0 Å². The molecule has 0 N–H and O–H groups in total. The Labute approximate surface area is 82.5 Å². The van der Waals surface area contributed by atoms with Gasteiger partial charge in [0.1, 0.15) is 0 Å². The van der Waals surface area contributed by atoms with E-state index in [2.05, 4.69) is 18.8 Å². The molecule has 0 bridgehead atoms. The van der Waals surface area contributed by atoms with Crippen LogP contribution in [0, 0.1) is 0 Å². The molecule has 0 aliphatic heterocycles. The number of thioether (sulfide) groups is 1. The van der Waals surface area contributed by atoms with Gasteiger partial charge >= 0.3 is 0 Å². The maximum atomic E-state index is 5.82. The van der Waals surface area contributed by atoms with Gasteiger partial charge in [-0.25, -0.2) is 4.98 Å². The van der Waals surface area contributed by atoms with Crippen LogP contribution in [-0.4, -0.2) is 10.2 Å². The van der Waals surface area contributed by atoms with Crippen LogP contribution in [0.1, 0.15) is 20.3 Å². The molecule has 66 valence electrons. The molecule has 0 amide bonds. The molecule has 1 nitrogen and oxygen atoms in total. The van der Waals surface area contributed by atoms with Crippen LogP contribution >= 0.6 is 23.4 Å². The fraction of sp³-hybridized carbons (Fsp3) is 0.444. The van der Waals surface area contributed by atoms with Crippen molar-refractivity contribution in [1.29, 1.82) is 0 Å². The van der Waals surface area contributed by atoms with Crippen LogP contribution in [0.4, 0.5) is 0 Å². The highest BCUT2D eigenvalue weighted by molar-refractivity contribution is 7.99. The fourth-order valence-electron chi connectivity index (χ4n) is 0.739. The first-order valence-electron chi connectivity index (χ1n) is 4.00. The Kier molecular flexibility index (Phi) is 3.89. The van der Waals surface area contributed by atoms with Gasteiger partial charge < -0.3 is 0 Å². The molecule has 1 atom stereocenters. The summed E-state index contributed by atoms with van der Waals surface area (Å²) in [6, 6.07) is 3.70. The maximum Gasteiger partial charge on any atom is 0.0977 e. The molecule has 0 spiro atoms. The van der Waals surface area contributed by atoms with E-state index >= 15 is 0 Å². The maximum absolute atomic E-state index is 5.82. The normalized spacial score (nSPS) is 12.9. The molecule has 0 fully saturated rings. The van der Waals surface area contributed by atoms with Crippen LogP contribution < -0.4 is 0 Å². The van der Waals surface area contributed by atoms with Crippen molar-refractivity contribution in [2.24, 2.45) is 0 Å². The fourth-order valence-corrected chi connectivity index (χ4v) is 1.86. The summed E-state index contributed by atoms with van der Waals surface area (Å²) in [5.41, 5.74) is 0. The second-order valence-corrected chi connectivity index (χ2v) is 4.54. The number of hydrogen-bond donors (Lipinski definition) is 0. The van der Waals surface area contributed by atoms with Gasteiger partial charge in [-0.05, 0) is 18.6 Å². The summed E-state index contributed by atoms with van der Waals surface area (Å²) >= 11 is 7.58. The lowest BCUT2D eigenvalue weighted by Gasteiger charge is -2.06. The number of halogens is 1. The lowest BCUT2D eigenvalue weighted by molar-refractivity contribution is 0.901. The van der Waals surface area contributed by atoms with Gasteiger partial charge in [0, 0.05) is 16.5 Å². The van der Waals surface area contributed by atoms with E-state index in [4.69, 9.17) is 11.6 Å². The molecule has 0 aliphatic carbocycles. The standard InChI is InChI=1S/C9H12ClNS/c1-3-7(2)12-9-6-8(10)4-5-11-9/h4-7H,3H2,1-2H3/t7-/m0/s1. The SMILES string of the molecule is CC[C@H](C)Sc1cc(Cl)ccn1. The van der Waals surface area contributed by atoms with Crippen molar-refractivity contribution in [1.82, 2.24) is 4.98 Å². The minimum absolute atomic E-state index is 0.607. The van der Waals surface area contributed by atoms with E-state index in [9.17, 15) is 0 Å². The number of pyridine rings is 1. The second kappa shape index (κ2) is 4.73. The lowest BCUT2D eigenvalue weighted by Crippen LogP contribution is -1.92. The molecule has 0 saturated carbocycles. The summed E-state index contributed by atoms with van der Waals surface area (Å²) in [5.74, 6) is 0. The van der Waals surface area contributed by atoms with Crippen molar-refractivity contribution in [3.8, 4) is 0 Å². The number of hydrogen-bond acceptors (Lipinski definition) is 2. The van der Waals surface area contributed by atoms with Crippen molar-refractivity contribution in [2.75, 3.05) is 0 Å². The van der Waals surface area contributed by atoms with Gasteiger partial charge in [-0.2, -0.15) is 0 Å². The van der Waals surface area contributed by atoms with Gasteiger partial charge in [0.05, 0.1) is 5.03 Å².